The van der Waals surface area contributed by atoms with Crippen LogP contribution in [0.3, 0.4) is 0 Å². The largest absolute Gasteiger partial charge is 0.370 e. The van der Waals surface area contributed by atoms with E-state index in [1.165, 1.54) is 55.9 Å². The van der Waals surface area contributed by atoms with E-state index in [0.717, 1.165) is 13.1 Å². The first-order valence-electron chi connectivity index (χ1n) is 12.1. The van der Waals surface area contributed by atoms with Gasteiger partial charge >= 0.3 is 0 Å². The van der Waals surface area contributed by atoms with E-state index in [4.69, 9.17) is 0 Å². The molecule has 4 aromatic carbocycles. The van der Waals surface area contributed by atoms with Crippen molar-refractivity contribution < 1.29 is 0 Å². The Morgan fingerprint density at radius 1 is 0.471 bits per heavy atom. The number of anilines is 2. The van der Waals surface area contributed by atoms with Gasteiger partial charge in [-0.3, -0.25) is 0 Å². The monoisotopic (exact) mass is 448 g/mol. The molecule has 0 aliphatic carbocycles. The van der Waals surface area contributed by atoms with Gasteiger partial charge < -0.3 is 9.80 Å². The van der Waals surface area contributed by atoms with E-state index in [0.29, 0.717) is 0 Å². The van der Waals surface area contributed by atoms with Crippen LogP contribution in [0.15, 0.2) is 84.9 Å². The predicted molar refractivity (Wildman–Crippen MR) is 148 cm³/mol. The third-order valence-electron chi connectivity index (χ3n) is 6.69. The molecular formula is C32H36N2. The first kappa shape index (κ1) is 23.6. The number of rotatable bonds is 7. The van der Waals surface area contributed by atoms with Crippen LogP contribution in [0.25, 0.3) is 11.1 Å². The highest BCUT2D eigenvalue weighted by molar-refractivity contribution is 5.80. The molecule has 2 heteroatoms. The Bertz CT molecular complexity index is 1110. The molecule has 0 N–H and O–H groups in total. The lowest BCUT2D eigenvalue weighted by Gasteiger charge is -2.25. The first-order chi connectivity index (χ1) is 16.3. The van der Waals surface area contributed by atoms with Crippen LogP contribution < -0.4 is 9.80 Å². The van der Waals surface area contributed by atoms with Gasteiger partial charge in [-0.05, 0) is 96.5 Å². The molecule has 0 unspecified atom stereocenters. The van der Waals surface area contributed by atoms with Gasteiger partial charge in [-0.25, -0.2) is 0 Å². The summed E-state index contributed by atoms with van der Waals surface area (Å²) < 4.78 is 0. The second kappa shape index (κ2) is 10.2. The molecule has 0 aromatic heterocycles. The van der Waals surface area contributed by atoms with Crippen LogP contribution >= 0.6 is 0 Å². The maximum Gasteiger partial charge on any atom is 0.0426 e. The van der Waals surface area contributed by atoms with E-state index in [-0.39, 0.29) is 0 Å². The average Bonchev–Trinajstić information content (AvgIpc) is 2.81. The van der Waals surface area contributed by atoms with Gasteiger partial charge in [0.25, 0.3) is 0 Å². The van der Waals surface area contributed by atoms with Gasteiger partial charge in [-0.2, -0.15) is 0 Å². The van der Waals surface area contributed by atoms with Gasteiger partial charge in [0.05, 0.1) is 0 Å². The van der Waals surface area contributed by atoms with Crippen molar-refractivity contribution in [1.82, 2.24) is 0 Å². The minimum atomic E-state index is 0.902. The van der Waals surface area contributed by atoms with Gasteiger partial charge in [0.1, 0.15) is 0 Å². The van der Waals surface area contributed by atoms with Crippen molar-refractivity contribution in [3.05, 3.63) is 118 Å². The van der Waals surface area contributed by atoms with Crippen molar-refractivity contribution in [3.63, 3.8) is 0 Å². The normalized spacial score (nSPS) is 10.9. The van der Waals surface area contributed by atoms with Gasteiger partial charge in [-0.1, -0.05) is 60.7 Å². The Labute approximate surface area is 205 Å². The van der Waals surface area contributed by atoms with Crippen LogP contribution in [0.5, 0.6) is 0 Å². The highest BCUT2D eigenvalue weighted by Gasteiger charge is 2.16. The molecule has 0 amide bonds. The highest BCUT2D eigenvalue weighted by Crippen LogP contribution is 2.37. The van der Waals surface area contributed by atoms with E-state index in [9.17, 15) is 0 Å². The van der Waals surface area contributed by atoms with Crippen LogP contribution in [0, 0.1) is 27.7 Å². The highest BCUT2D eigenvalue weighted by atomic mass is 15.1. The van der Waals surface area contributed by atoms with E-state index in [1.54, 1.807) is 0 Å². The summed E-state index contributed by atoms with van der Waals surface area (Å²) >= 11 is 0. The zero-order valence-electron chi connectivity index (χ0n) is 21.4. The number of hydrogen-bond acceptors (Lipinski definition) is 2. The summed E-state index contributed by atoms with van der Waals surface area (Å²) in [4.78, 5) is 4.67. The lowest BCUT2D eigenvalue weighted by atomic mass is 9.88. The molecular weight excluding hydrogens is 412 g/mol. The quantitative estimate of drug-likeness (QED) is 0.284. The van der Waals surface area contributed by atoms with Crippen LogP contribution in [0.2, 0.25) is 0 Å². The van der Waals surface area contributed by atoms with Crippen molar-refractivity contribution in [2.45, 2.75) is 40.8 Å². The third kappa shape index (κ3) is 5.17. The van der Waals surface area contributed by atoms with Crippen molar-refractivity contribution in [1.29, 1.82) is 0 Å². The average molecular weight is 449 g/mol. The summed E-state index contributed by atoms with van der Waals surface area (Å²) in [5.74, 6) is 0. The summed E-state index contributed by atoms with van der Waals surface area (Å²) in [6, 6.07) is 30.7. The summed E-state index contributed by atoms with van der Waals surface area (Å²) in [5.41, 5.74) is 13.2. The zero-order chi connectivity index (χ0) is 24.2. The summed E-state index contributed by atoms with van der Waals surface area (Å²) in [5, 5.41) is 0. The predicted octanol–water partition coefficient (Wildman–Crippen LogP) is 7.86. The number of aryl methyl sites for hydroxylation is 4. The molecule has 0 bridgehead atoms. The smallest absolute Gasteiger partial charge is 0.0426 e. The van der Waals surface area contributed by atoms with E-state index < -0.39 is 0 Å². The summed E-state index contributed by atoms with van der Waals surface area (Å²) in [6.07, 6.45) is 0. The van der Waals surface area contributed by atoms with E-state index in [1.807, 2.05) is 0 Å². The summed E-state index contributed by atoms with van der Waals surface area (Å²) in [7, 11) is 4.35. The Balaban J connectivity index is 1.62. The molecule has 0 radical (unpaired) electrons. The maximum atomic E-state index is 2.33. The molecule has 0 atom stereocenters. The fourth-order valence-corrected chi connectivity index (χ4v) is 5.01. The topological polar surface area (TPSA) is 6.48 Å². The fourth-order valence-electron chi connectivity index (χ4n) is 5.01. The Morgan fingerprint density at radius 3 is 1.06 bits per heavy atom. The molecule has 0 saturated heterocycles. The third-order valence-corrected chi connectivity index (χ3v) is 6.69. The zero-order valence-corrected chi connectivity index (χ0v) is 21.4. The number of hydrogen-bond donors (Lipinski definition) is 0. The molecule has 174 valence electrons. The van der Waals surface area contributed by atoms with Crippen LogP contribution in [-0.4, -0.2) is 14.1 Å². The number of nitrogens with zero attached hydrogens (tertiary/aromatic N) is 2. The fraction of sp³-hybridized carbons (Fsp3) is 0.250. The standard InChI is InChI=1S/C32H36N2/c1-23-17-29(33(5)21-27-13-9-7-10-14-27)18-24(2)31(23)32-25(3)19-30(20-26(32)4)34(6)22-28-15-11-8-12-16-28/h7-20H,21-22H2,1-6H3. The minimum Gasteiger partial charge on any atom is -0.370 e. The van der Waals surface area contributed by atoms with Crippen molar-refractivity contribution in [2.24, 2.45) is 0 Å². The molecule has 0 saturated carbocycles. The van der Waals surface area contributed by atoms with Crippen LogP contribution in [0.1, 0.15) is 33.4 Å². The molecule has 34 heavy (non-hydrogen) atoms. The molecule has 4 rings (SSSR count). The molecule has 2 nitrogen and oxygen atoms in total. The van der Waals surface area contributed by atoms with Crippen LogP contribution in [-0.2, 0) is 13.1 Å². The Kier molecular flexibility index (Phi) is 7.07. The second-order valence-electron chi connectivity index (χ2n) is 9.59. The first-order valence-corrected chi connectivity index (χ1v) is 12.1. The summed E-state index contributed by atoms with van der Waals surface area (Å²) in [6.45, 7) is 10.8. The van der Waals surface area contributed by atoms with E-state index in [2.05, 4.69) is 137 Å². The maximum absolute atomic E-state index is 2.33. The van der Waals surface area contributed by atoms with Crippen molar-refractivity contribution in [3.8, 4) is 11.1 Å². The van der Waals surface area contributed by atoms with Gasteiger partial charge in [0.15, 0.2) is 0 Å². The molecule has 4 aromatic rings. The van der Waals surface area contributed by atoms with Gasteiger partial charge in [0, 0.05) is 38.6 Å². The van der Waals surface area contributed by atoms with Gasteiger partial charge in [0.2, 0.25) is 0 Å². The Hall–Kier alpha value is -3.52. The van der Waals surface area contributed by atoms with Crippen molar-refractivity contribution >= 4 is 11.4 Å². The number of benzene rings is 4. The van der Waals surface area contributed by atoms with Gasteiger partial charge in [-0.15, -0.1) is 0 Å². The molecule has 0 spiro atoms. The molecule has 0 fully saturated rings. The molecule has 0 aliphatic rings. The minimum absolute atomic E-state index is 0.902. The van der Waals surface area contributed by atoms with Crippen LogP contribution in [0.4, 0.5) is 11.4 Å². The van der Waals surface area contributed by atoms with E-state index >= 15 is 0 Å². The lowest BCUT2D eigenvalue weighted by Crippen LogP contribution is -2.17. The Morgan fingerprint density at radius 2 is 0.765 bits per heavy atom. The second-order valence-corrected chi connectivity index (χ2v) is 9.59. The molecule has 0 heterocycles. The lowest BCUT2D eigenvalue weighted by molar-refractivity contribution is 0.920. The van der Waals surface area contributed by atoms with Crippen molar-refractivity contribution in [2.75, 3.05) is 23.9 Å². The SMILES string of the molecule is Cc1cc(N(C)Cc2ccccc2)cc(C)c1-c1c(C)cc(N(C)Cc2ccccc2)cc1C. The molecule has 0 aliphatic heterocycles.